The number of carbonyl (C=O) groups is 2. The number of amides is 1. The lowest BCUT2D eigenvalue weighted by Gasteiger charge is -2.10. The molecule has 10 heteroatoms. The van der Waals surface area contributed by atoms with Gasteiger partial charge in [0.15, 0.2) is 6.04 Å². The number of hydrogen-bond donors (Lipinski definition) is 2. The van der Waals surface area contributed by atoms with Gasteiger partial charge in [0.1, 0.15) is 0 Å². The van der Waals surface area contributed by atoms with E-state index in [2.05, 4.69) is 0 Å². The molecular weight excluding hydrogens is 262 g/mol. The van der Waals surface area contributed by atoms with Crippen molar-refractivity contribution in [2.45, 2.75) is 6.04 Å². The number of nitro benzene ring substituents is 2. The lowest BCUT2D eigenvalue weighted by Crippen LogP contribution is -2.27. The van der Waals surface area contributed by atoms with Gasteiger partial charge in [0.2, 0.25) is 6.41 Å². The molecular formula is C9H7N3O7. The van der Waals surface area contributed by atoms with Gasteiger partial charge in [0.05, 0.1) is 15.9 Å². The molecule has 1 rings (SSSR count). The van der Waals surface area contributed by atoms with E-state index >= 15 is 0 Å². The first-order chi connectivity index (χ1) is 8.86. The van der Waals surface area contributed by atoms with Crippen LogP contribution in [0.5, 0.6) is 0 Å². The minimum Gasteiger partial charge on any atom is -0.479 e. The molecule has 0 radical (unpaired) electrons. The molecule has 0 bridgehead atoms. The van der Waals surface area contributed by atoms with Gasteiger partial charge in [0, 0.05) is 12.1 Å². The summed E-state index contributed by atoms with van der Waals surface area (Å²) in [7, 11) is 0. The fraction of sp³-hybridized carbons (Fsp3) is 0.111. The first kappa shape index (κ1) is 14.0. The molecule has 0 aliphatic rings. The van der Waals surface area contributed by atoms with E-state index in [-0.39, 0.29) is 12.0 Å². The molecule has 10 nitrogen and oxygen atoms in total. The van der Waals surface area contributed by atoms with E-state index < -0.39 is 33.2 Å². The highest BCUT2D eigenvalue weighted by molar-refractivity contribution is 5.78. The van der Waals surface area contributed by atoms with Gasteiger partial charge in [-0.05, 0) is 5.56 Å². The minimum absolute atomic E-state index is 0.0868. The maximum atomic E-state index is 10.9. The molecule has 1 aromatic carbocycles. The van der Waals surface area contributed by atoms with Crippen LogP contribution in [0, 0.1) is 20.2 Å². The van der Waals surface area contributed by atoms with Crippen molar-refractivity contribution in [2.75, 3.05) is 0 Å². The van der Waals surface area contributed by atoms with Crippen LogP contribution in [-0.4, -0.2) is 27.3 Å². The second-order valence-electron chi connectivity index (χ2n) is 3.35. The Labute approximate surface area is 104 Å². The highest BCUT2D eigenvalue weighted by atomic mass is 16.6. The maximum Gasteiger partial charge on any atom is 0.330 e. The Hall–Kier alpha value is -3.04. The van der Waals surface area contributed by atoms with E-state index in [1.54, 1.807) is 0 Å². The Morgan fingerprint density at radius 3 is 2.00 bits per heavy atom. The number of nitrogens with zero attached hydrogens (tertiary/aromatic N) is 2. The van der Waals surface area contributed by atoms with Crippen LogP contribution in [0.25, 0.3) is 0 Å². The van der Waals surface area contributed by atoms with Crippen molar-refractivity contribution < 1.29 is 24.5 Å². The largest absolute Gasteiger partial charge is 0.479 e. The fourth-order valence-corrected chi connectivity index (χ4v) is 1.37. The summed E-state index contributed by atoms with van der Waals surface area (Å²) < 4.78 is 0. The Kier molecular flexibility index (Phi) is 4.08. The maximum absolute atomic E-state index is 10.9. The van der Waals surface area contributed by atoms with Crippen LogP contribution in [0.2, 0.25) is 0 Å². The number of rotatable bonds is 6. The van der Waals surface area contributed by atoms with Crippen molar-refractivity contribution in [3.63, 3.8) is 0 Å². The van der Waals surface area contributed by atoms with Crippen LogP contribution in [0.3, 0.4) is 0 Å². The standard InChI is InChI=1S/C9H7N3O7/c13-4-10-8(9(14)15)5-1-6(11(16)17)3-7(2-5)12(18)19/h1-4,8H,(H,10,13)(H,14,15). The number of carboxylic acids is 1. The second kappa shape index (κ2) is 5.53. The third-order valence-corrected chi connectivity index (χ3v) is 2.16. The highest BCUT2D eigenvalue weighted by Gasteiger charge is 2.25. The second-order valence-corrected chi connectivity index (χ2v) is 3.35. The molecule has 100 valence electrons. The molecule has 0 spiro atoms. The molecule has 19 heavy (non-hydrogen) atoms. The zero-order valence-corrected chi connectivity index (χ0v) is 9.18. The predicted octanol–water partition coefficient (Wildman–Crippen LogP) is 0.375. The molecule has 0 aliphatic carbocycles. The Balaban J connectivity index is 3.39. The Bertz CT molecular complexity index is 524. The summed E-state index contributed by atoms with van der Waals surface area (Å²) in [6.45, 7) is 0. The monoisotopic (exact) mass is 269 g/mol. The van der Waals surface area contributed by atoms with Crippen molar-refractivity contribution >= 4 is 23.8 Å². The van der Waals surface area contributed by atoms with Crippen LogP contribution in [0.15, 0.2) is 18.2 Å². The van der Waals surface area contributed by atoms with Gasteiger partial charge in [-0.3, -0.25) is 25.0 Å². The highest BCUT2D eigenvalue weighted by Crippen LogP contribution is 2.26. The summed E-state index contributed by atoms with van der Waals surface area (Å²) in [5, 5.41) is 32.0. The Morgan fingerprint density at radius 2 is 1.68 bits per heavy atom. The van der Waals surface area contributed by atoms with E-state index in [4.69, 9.17) is 5.11 Å². The van der Waals surface area contributed by atoms with Gasteiger partial charge in [-0.2, -0.15) is 0 Å². The minimum atomic E-state index is -1.60. The summed E-state index contributed by atoms with van der Waals surface area (Å²) in [4.78, 5) is 40.6. The van der Waals surface area contributed by atoms with E-state index in [1.165, 1.54) is 0 Å². The van der Waals surface area contributed by atoms with E-state index in [9.17, 15) is 29.8 Å². The summed E-state index contributed by atoms with van der Waals surface area (Å²) in [5.41, 5.74) is -1.54. The molecule has 0 aliphatic heterocycles. The topological polar surface area (TPSA) is 153 Å². The number of non-ortho nitro benzene ring substituents is 2. The molecule has 0 saturated heterocycles. The van der Waals surface area contributed by atoms with Crippen molar-refractivity contribution in [2.24, 2.45) is 0 Å². The van der Waals surface area contributed by atoms with Crippen molar-refractivity contribution in [1.29, 1.82) is 0 Å². The van der Waals surface area contributed by atoms with E-state index in [1.807, 2.05) is 5.32 Å². The SMILES string of the molecule is O=CNC(C(=O)O)c1cc([N+](=O)[O-])cc([N+](=O)[O-])c1. The van der Waals surface area contributed by atoms with Gasteiger partial charge in [-0.25, -0.2) is 4.79 Å². The summed E-state index contributed by atoms with van der Waals surface area (Å²) in [6.07, 6.45) is 0.0868. The quantitative estimate of drug-likeness (QED) is 0.429. The molecule has 0 heterocycles. The molecule has 0 saturated carbocycles. The van der Waals surface area contributed by atoms with Crippen LogP contribution in [0.1, 0.15) is 11.6 Å². The lowest BCUT2D eigenvalue weighted by atomic mass is 10.1. The number of nitro groups is 2. The van der Waals surface area contributed by atoms with Crippen LogP contribution >= 0.6 is 0 Å². The number of nitrogens with one attached hydrogen (secondary N) is 1. The van der Waals surface area contributed by atoms with Crippen LogP contribution < -0.4 is 5.32 Å². The van der Waals surface area contributed by atoms with Gasteiger partial charge >= 0.3 is 5.97 Å². The third-order valence-electron chi connectivity index (χ3n) is 2.16. The van der Waals surface area contributed by atoms with Gasteiger partial charge in [0.25, 0.3) is 11.4 Å². The van der Waals surface area contributed by atoms with Crippen molar-refractivity contribution in [3.05, 3.63) is 44.0 Å². The normalized spacial score (nSPS) is 11.4. The van der Waals surface area contributed by atoms with Crippen LogP contribution in [0.4, 0.5) is 11.4 Å². The zero-order valence-electron chi connectivity index (χ0n) is 9.18. The third kappa shape index (κ3) is 3.21. The summed E-state index contributed by atoms with van der Waals surface area (Å²) in [6, 6.07) is 0.796. The van der Waals surface area contributed by atoms with Gasteiger partial charge in [-0.1, -0.05) is 0 Å². The molecule has 0 fully saturated rings. The van der Waals surface area contributed by atoms with Gasteiger partial charge in [-0.15, -0.1) is 0 Å². The number of hydrogen-bond acceptors (Lipinski definition) is 6. The molecule has 0 aromatic heterocycles. The average molecular weight is 269 g/mol. The predicted molar refractivity (Wildman–Crippen MR) is 59.3 cm³/mol. The molecule has 1 aromatic rings. The van der Waals surface area contributed by atoms with Crippen molar-refractivity contribution in [3.8, 4) is 0 Å². The molecule has 1 unspecified atom stereocenters. The van der Waals surface area contributed by atoms with E-state index in [0.29, 0.717) is 6.07 Å². The smallest absolute Gasteiger partial charge is 0.330 e. The Morgan fingerprint density at radius 1 is 1.21 bits per heavy atom. The number of aliphatic carboxylic acids is 1. The number of benzene rings is 1. The first-order valence-electron chi connectivity index (χ1n) is 4.73. The molecule has 2 N–H and O–H groups in total. The number of carbonyl (C=O) groups excluding carboxylic acids is 1. The van der Waals surface area contributed by atoms with Gasteiger partial charge < -0.3 is 10.4 Å². The lowest BCUT2D eigenvalue weighted by molar-refractivity contribution is -0.394. The summed E-state index contributed by atoms with van der Waals surface area (Å²) >= 11 is 0. The average Bonchev–Trinajstić information content (AvgIpc) is 2.34. The van der Waals surface area contributed by atoms with Crippen LogP contribution in [-0.2, 0) is 9.59 Å². The first-order valence-corrected chi connectivity index (χ1v) is 4.73. The summed E-state index contributed by atoms with van der Waals surface area (Å²) in [5.74, 6) is -1.50. The van der Waals surface area contributed by atoms with Crippen molar-refractivity contribution in [1.82, 2.24) is 5.32 Å². The van der Waals surface area contributed by atoms with E-state index in [0.717, 1.165) is 12.1 Å². The zero-order chi connectivity index (χ0) is 14.6. The molecule has 1 atom stereocenters. The molecule has 1 amide bonds. The fourth-order valence-electron chi connectivity index (χ4n) is 1.37. The number of carboxylic acid groups (broad SMARTS) is 1.